The van der Waals surface area contributed by atoms with Gasteiger partial charge in [0.2, 0.25) is 24.5 Å². The second-order valence-electron chi connectivity index (χ2n) is 10.0. The van der Waals surface area contributed by atoms with Gasteiger partial charge in [-0.25, -0.2) is 0 Å². The van der Waals surface area contributed by atoms with E-state index in [0.29, 0.717) is 33.9 Å². The number of aromatic hydroxyl groups is 2. The Balaban J connectivity index is 1.29. The maximum atomic E-state index is 14.0. The van der Waals surface area contributed by atoms with Crippen LogP contribution in [0.2, 0.25) is 0 Å². The van der Waals surface area contributed by atoms with Crippen molar-refractivity contribution in [1.29, 1.82) is 0 Å². The number of phenolic OH excluding ortho intramolecular Hbond substituents is 2. The first-order chi connectivity index (χ1) is 18.4. The van der Waals surface area contributed by atoms with Crippen LogP contribution >= 0.6 is 0 Å². The monoisotopic (exact) mass is 513 g/mol. The topological polar surface area (TPSA) is 137 Å². The first-order valence-electron chi connectivity index (χ1n) is 12.3. The number of carbonyl (C=O) groups is 3. The van der Waals surface area contributed by atoms with Gasteiger partial charge in [0, 0.05) is 17.3 Å². The molecule has 0 aromatic heterocycles. The molecule has 1 spiro atoms. The molecule has 3 aromatic rings. The molecular formula is C28H23N3O7. The number of nitrogens with zero attached hydrogens (tertiary/aromatic N) is 1. The molecule has 10 nitrogen and oxygen atoms in total. The molecule has 2 fully saturated rings. The molecule has 0 unspecified atom stereocenters. The summed E-state index contributed by atoms with van der Waals surface area (Å²) in [6, 6.07) is 16.3. The average Bonchev–Trinajstić information content (AvgIpc) is 3.63. The highest BCUT2D eigenvalue weighted by Crippen LogP contribution is 2.53. The lowest BCUT2D eigenvalue weighted by atomic mass is 9.76. The minimum atomic E-state index is -1.42. The highest BCUT2D eigenvalue weighted by atomic mass is 16.7. The van der Waals surface area contributed by atoms with E-state index in [1.165, 1.54) is 17.0 Å². The van der Waals surface area contributed by atoms with Gasteiger partial charge >= 0.3 is 0 Å². The lowest BCUT2D eigenvalue weighted by Gasteiger charge is -2.29. The lowest BCUT2D eigenvalue weighted by molar-refractivity contribution is -0.143. The highest BCUT2D eigenvalue weighted by Gasteiger charge is 2.70. The lowest BCUT2D eigenvalue weighted by Crippen LogP contribution is -2.53. The van der Waals surface area contributed by atoms with Crippen LogP contribution in [0.5, 0.6) is 23.0 Å². The Morgan fingerprint density at radius 2 is 1.68 bits per heavy atom. The summed E-state index contributed by atoms with van der Waals surface area (Å²) in [6.45, 7) is 0.148. The first kappa shape index (κ1) is 22.6. The number of para-hydroxylation sites is 1. The maximum absolute atomic E-state index is 14.0. The largest absolute Gasteiger partial charge is 0.504 e. The fourth-order valence-electron chi connectivity index (χ4n) is 6.32. The van der Waals surface area contributed by atoms with Gasteiger partial charge in [0.25, 0.3) is 0 Å². The third kappa shape index (κ3) is 3.07. The van der Waals surface area contributed by atoms with Gasteiger partial charge < -0.3 is 25.0 Å². The van der Waals surface area contributed by atoms with E-state index in [9.17, 15) is 24.6 Å². The van der Waals surface area contributed by atoms with Gasteiger partial charge in [0.1, 0.15) is 5.54 Å². The number of hydrogen-bond acceptors (Lipinski definition) is 8. The average molecular weight is 514 g/mol. The van der Waals surface area contributed by atoms with Crippen LogP contribution in [-0.4, -0.2) is 45.7 Å². The summed E-state index contributed by atoms with van der Waals surface area (Å²) in [4.78, 5) is 42.7. The van der Waals surface area contributed by atoms with E-state index in [-0.39, 0.29) is 43.1 Å². The molecule has 4 N–H and O–H groups in total. The van der Waals surface area contributed by atoms with Crippen LogP contribution in [0.1, 0.15) is 16.7 Å². The molecule has 192 valence electrons. The molecule has 0 aliphatic carbocycles. The number of imide groups is 1. The predicted octanol–water partition coefficient (Wildman–Crippen LogP) is 1.99. The van der Waals surface area contributed by atoms with E-state index < -0.39 is 29.3 Å². The van der Waals surface area contributed by atoms with E-state index in [4.69, 9.17) is 9.47 Å². The van der Waals surface area contributed by atoms with Crippen molar-refractivity contribution in [3.63, 3.8) is 0 Å². The van der Waals surface area contributed by atoms with Crippen molar-refractivity contribution < 1.29 is 34.1 Å². The number of anilines is 1. The van der Waals surface area contributed by atoms with Crippen molar-refractivity contribution in [2.24, 2.45) is 11.8 Å². The van der Waals surface area contributed by atoms with Crippen molar-refractivity contribution in [1.82, 2.24) is 10.2 Å². The smallest absolute Gasteiger partial charge is 0.250 e. The number of fused-ring (bicyclic) bond motifs is 5. The van der Waals surface area contributed by atoms with Crippen molar-refractivity contribution >= 4 is 23.4 Å². The zero-order valence-corrected chi connectivity index (χ0v) is 20.0. The highest BCUT2D eigenvalue weighted by molar-refractivity contribution is 6.15. The number of carbonyl (C=O) groups excluding carboxylic acids is 3. The Morgan fingerprint density at radius 1 is 0.895 bits per heavy atom. The number of ether oxygens (including phenoxy) is 2. The molecule has 0 bridgehead atoms. The zero-order chi connectivity index (χ0) is 26.2. The zero-order valence-electron chi connectivity index (χ0n) is 20.0. The molecule has 10 heteroatoms. The van der Waals surface area contributed by atoms with E-state index in [0.717, 1.165) is 0 Å². The summed E-state index contributed by atoms with van der Waals surface area (Å²) in [7, 11) is 0. The molecule has 3 amide bonds. The van der Waals surface area contributed by atoms with Crippen molar-refractivity contribution in [2.45, 2.75) is 24.5 Å². The van der Waals surface area contributed by atoms with Crippen molar-refractivity contribution in [3.8, 4) is 23.0 Å². The Bertz CT molecular complexity index is 1540. The number of hydrogen-bond donors (Lipinski definition) is 4. The van der Waals surface area contributed by atoms with Crippen LogP contribution < -0.4 is 20.1 Å². The van der Waals surface area contributed by atoms with Gasteiger partial charge in [0.05, 0.1) is 18.4 Å². The fraction of sp³-hybridized carbons (Fsp3) is 0.250. The van der Waals surface area contributed by atoms with Gasteiger partial charge in [-0.1, -0.05) is 30.3 Å². The van der Waals surface area contributed by atoms with Crippen LogP contribution in [0, 0.1) is 11.8 Å². The summed E-state index contributed by atoms with van der Waals surface area (Å²) in [5.41, 5.74) is 1.16. The van der Waals surface area contributed by atoms with Crippen molar-refractivity contribution in [3.05, 3.63) is 77.4 Å². The minimum Gasteiger partial charge on any atom is -0.504 e. The number of phenols is 2. The number of amides is 3. The molecular weight excluding hydrogens is 490 g/mol. The van der Waals surface area contributed by atoms with Gasteiger partial charge in [-0.15, -0.1) is 0 Å². The summed E-state index contributed by atoms with van der Waals surface area (Å²) in [5.74, 6) is -2.33. The molecule has 7 rings (SSSR count). The van der Waals surface area contributed by atoms with E-state index in [1.807, 2.05) is 0 Å². The molecule has 3 aromatic carbocycles. The quantitative estimate of drug-likeness (QED) is 0.307. The summed E-state index contributed by atoms with van der Waals surface area (Å²) < 4.78 is 10.8. The Morgan fingerprint density at radius 3 is 2.53 bits per heavy atom. The van der Waals surface area contributed by atoms with Crippen molar-refractivity contribution in [2.75, 3.05) is 12.1 Å². The second-order valence-corrected chi connectivity index (χ2v) is 10.0. The van der Waals surface area contributed by atoms with Gasteiger partial charge in [-0.05, 0) is 47.9 Å². The molecule has 2 saturated heterocycles. The van der Waals surface area contributed by atoms with Gasteiger partial charge in [-0.2, -0.15) is 0 Å². The number of benzene rings is 3. The number of likely N-dealkylation sites (tertiary alicyclic amines) is 1. The standard InChI is InChI=1S/C28H23N3O7/c32-19-7-5-14(10-20(19)33)9-18-23-24(28(30-18)16-3-1-2-4-17(16)29-27(28)36)26(35)31(25(23)34)12-15-6-8-21-22(11-15)38-13-37-21/h1-8,10-11,18,23-24,30,32-33H,9,12-13H2,(H,29,36)/t18-,23+,24+,28-/m0/s1. The molecule has 4 heterocycles. The molecule has 0 saturated carbocycles. The minimum absolute atomic E-state index is 0.0351. The number of rotatable bonds is 4. The molecule has 4 atom stereocenters. The van der Waals surface area contributed by atoms with E-state index >= 15 is 0 Å². The van der Waals surface area contributed by atoms with E-state index in [2.05, 4.69) is 10.6 Å². The van der Waals surface area contributed by atoms with Gasteiger partial charge in [0.15, 0.2) is 23.0 Å². The summed E-state index contributed by atoms with van der Waals surface area (Å²) >= 11 is 0. The normalized spacial score (nSPS) is 26.7. The Kier molecular flexibility index (Phi) is 4.74. The second kappa shape index (κ2) is 7.96. The Labute approximate surface area is 216 Å². The fourth-order valence-corrected chi connectivity index (χ4v) is 6.32. The third-order valence-electron chi connectivity index (χ3n) is 7.99. The third-order valence-corrected chi connectivity index (χ3v) is 7.99. The van der Waals surface area contributed by atoms with Crippen LogP contribution in [0.25, 0.3) is 0 Å². The van der Waals surface area contributed by atoms with Crippen LogP contribution in [0.15, 0.2) is 60.7 Å². The van der Waals surface area contributed by atoms with Crippen LogP contribution in [0.4, 0.5) is 5.69 Å². The molecule has 0 radical (unpaired) electrons. The number of nitrogens with one attached hydrogen (secondary N) is 2. The van der Waals surface area contributed by atoms with Gasteiger partial charge in [-0.3, -0.25) is 24.6 Å². The Hall–Kier alpha value is -4.57. The van der Waals surface area contributed by atoms with Crippen LogP contribution in [0.3, 0.4) is 0 Å². The molecule has 4 aliphatic rings. The van der Waals surface area contributed by atoms with E-state index in [1.54, 1.807) is 48.5 Å². The van der Waals surface area contributed by atoms with Crippen LogP contribution in [-0.2, 0) is 32.9 Å². The molecule has 4 aliphatic heterocycles. The molecule has 38 heavy (non-hydrogen) atoms. The SMILES string of the molecule is O=C1[C@@H]2[C@H](Cc3ccc(O)c(O)c3)N[C@]3(C(=O)Nc4ccccc43)[C@H]2C(=O)N1Cc1ccc2c(c1)OCO2. The summed E-state index contributed by atoms with van der Waals surface area (Å²) in [6.07, 6.45) is 0.253. The maximum Gasteiger partial charge on any atom is 0.250 e. The summed E-state index contributed by atoms with van der Waals surface area (Å²) in [5, 5.41) is 26.0. The predicted molar refractivity (Wildman–Crippen MR) is 132 cm³/mol. The first-order valence-corrected chi connectivity index (χ1v) is 12.3.